The Balaban J connectivity index is 1.53. The molecule has 5 rings (SSSR count). The van der Waals surface area contributed by atoms with Gasteiger partial charge >= 0.3 is 0 Å². The standard InChI is InChI=1S/C26H25N5O2S/c1-16-8-7-9-17(2)21(16)27-25(32)23-22(18-12-14-20(33-3)15-13-18)30-31-24(28-29-26(31)34-23)19-10-5-4-6-11-19/h4-15,22-23,30H,1-3H3,(H,27,32)/t22-,23-/m0/s1. The average Bonchev–Trinajstić information content (AvgIpc) is 3.29. The Kier molecular flexibility index (Phi) is 5.98. The summed E-state index contributed by atoms with van der Waals surface area (Å²) in [5.41, 5.74) is 8.32. The summed E-state index contributed by atoms with van der Waals surface area (Å²) in [4.78, 5) is 13.6. The van der Waals surface area contributed by atoms with Gasteiger partial charge in [-0.2, -0.15) is 0 Å². The number of methoxy groups -OCH3 is 1. The molecule has 1 amide bonds. The number of benzene rings is 3. The molecule has 0 saturated heterocycles. The fraction of sp³-hybridized carbons (Fsp3) is 0.192. The second kappa shape index (κ2) is 9.23. The summed E-state index contributed by atoms with van der Waals surface area (Å²) in [6.45, 7) is 4.00. The Morgan fingerprint density at radius 2 is 1.68 bits per heavy atom. The van der Waals surface area contributed by atoms with E-state index in [9.17, 15) is 4.79 Å². The summed E-state index contributed by atoms with van der Waals surface area (Å²) in [5.74, 6) is 1.38. The molecule has 3 aromatic carbocycles. The van der Waals surface area contributed by atoms with Crippen LogP contribution in [0.1, 0.15) is 22.7 Å². The van der Waals surface area contributed by atoms with E-state index in [4.69, 9.17) is 4.74 Å². The number of hydrogen-bond acceptors (Lipinski definition) is 6. The number of aromatic nitrogens is 3. The molecule has 1 aliphatic heterocycles. The highest BCUT2D eigenvalue weighted by atomic mass is 32.2. The van der Waals surface area contributed by atoms with Crippen LogP contribution in [0.4, 0.5) is 5.69 Å². The fourth-order valence-corrected chi connectivity index (χ4v) is 5.18. The second-order valence-electron chi connectivity index (χ2n) is 8.18. The molecule has 8 heteroatoms. The third-order valence-corrected chi connectivity index (χ3v) is 7.15. The molecule has 0 bridgehead atoms. The van der Waals surface area contributed by atoms with E-state index in [-0.39, 0.29) is 11.9 Å². The maximum Gasteiger partial charge on any atom is 0.240 e. The fourth-order valence-electron chi connectivity index (χ4n) is 4.10. The van der Waals surface area contributed by atoms with E-state index < -0.39 is 5.25 Å². The number of nitrogens with one attached hydrogen (secondary N) is 2. The van der Waals surface area contributed by atoms with Crippen LogP contribution in [0.2, 0.25) is 0 Å². The number of fused-ring (bicyclic) bond motifs is 1. The van der Waals surface area contributed by atoms with Gasteiger partial charge in [-0.15, -0.1) is 10.2 Å². The van der Waals surface area contributed by atoms with Crippen molar-refractivity contribution in [2.75, 3.05) is 17.9 Å². The van der Waals surface area contributed by atoms with Crippen LogP contribution >= 0.6 is 11.8 Å². The highest BCUT2D eigenvalue weighted by Crippen LogP contribution is 2.39. The first kappa shape index (κ1) is 22.0. The van der Waals surface area contributed by atoms with Crippen LogP contribution in [0, 0.1) is 13.8 Å². The van der Waals surface area contributed by atoms with Gasteiger partial charge in [0.2, 0.25) is 11.1 Å². The lowest BCUT2D eigenvalue weighted by atomic mass is 10.0. The van der Waals surface area contributed by atoms with Crippen LogP contribution in [0.3, 0.4) is 0 Å². The molecule has 2 atom stereocenters. The molecule has 2 heterocycles. The van der Waals surface area contributed by atoms with Gasteiger partial charge in [0.1, 0.15) is 11.0 Å². The smallest absolute Gasteiger partial charge is 0.240 e. The van der Waals surface area contributed by atoms with Gasteiger partial charge in [0.05, 0.1) is 13.2 Å². The first-order valence-electron chi connectivity index (χ1n) is 11.0. The lowest BCUT2D eigenvalue weighted by Gasteiger charge is -2.33. The van der Waals surface area contributed by atoms with Crippen molar-refractivity contribution in [3.05, 3.63) is 89.5 Å². The molecule has 1 aromatic heterocycles. The van der Waals surface area contributed by atoms with E-state index in [0.717, 1.165) is 33.7 Å². The second-order valence-corrected chi connectivity index (χ2v) is 9.29. The number of thioether (sulfide) groups is 1. The molecule has 172 valence electrons. The summed E-state index contributed by atoms with van der Waals surface area (Å²) in [5, 5.41) is 12.1. The van der Waals surface area contributed by atoms with Crippen LogP contribution in [0.25, 0.3) is 11.4 Å². The molecule has 0 spiro atoms. The minimum Gasteiger partial charge on any atom is -0.497 e. The monoisotopic (exact) mass is 471 g/mol. The number of ether oxygens (including phenoxy) is 1. The van der Waals surface area contributed by atoms with Gasteiger partial charge in [-0.1, -0.05) is 72.4 Å². The van der Waals surface area contributed by atoms with E-state index in [2.05, 4.69) is 20.9 Å². The topological polar surface area (TPSA) is 81.1 Å². The number of hydrogen-bond donors (Lipinski definition) is 2. The maximum atomic E-state index is 13.6. The van der Waals surface area contributed by atoms with Gasteiger partial charge in [-0.25, -0.2) is 4.68 Å². The molecule has 7 nitrogen and oxygen atoms in total. The zero-order valence-electron chi connectivity index (χ0n) is 19.1. The predicted molar refractivity (Wildman–Crippen MR) is 135 cm³/mol. The predicted octanol–water partition coefficient (Wildman–Crippen LogP) is 4.97. The van der Waals surface area contributed by atoms with Crippen molar-refractivity contribution in [1.29, 1.82) is 0 Å². The average molecular weight is 472 g/mol. The molecule has 0 unspecified atom stereocenters. The molecule has 1 aliphatic rings. The Bertz CT molecular complexity index is 1300. The van der Waals surface area contributed by atoms with E-state index in [1.807, 2.05) is 91.3 Å². The number of aryl methyl sites for hydroxylation is 2. The van der Waals surface area contributed by atoms with Gasteiger partial charge in [0, 0.05) is 11.3 Å². The highest BCUT2D eigenvalue weighted by Gasteiger charge is 2.38. The summed E-state index contributed by atoms with van der Waals surface area (Å²) < 4.78 is 7.20. The number of anilines is 1. The van der Waals surface area contributed by atoms with Crippen molar-refractivity contribution in [1.82, 2.24) is 14.9 Å². The molecular weight excluding hydrogens is 446 g/mol. The van der Waals surface area contributed by atoms with E-state index in [0.29, 0.717) is 11.0 Å². The number of rotatable bonds is 5. The number of amides is 1. The van der Waals surface area contributed by atoms with Crippen LogP contribution in [-0.2, 0) is 4.79 Å². The lowest BCUT2D eigenvalue weighted by Crippen LogP contribution is -2.41. The zero-order valence-corrected chi connectivity index (χ0v) is 20.0. The largest absolute Gasteiger partial charge is 0.497 e. The number of carbonyl (C=O) groups is 1. The molecule has 2 N–H and O–H groups in total. The molecule has 34 heavy (non-hydrogen) atoms. The first-order valence-corrected chi connectivity index (χ1v) is 11.9. The normalized spacial score (nSPS) is 16.9. The third kappa shape index (κ3) is 4.12. The quantitative estimate of drug-likeness (QED) is 0.428. The van der Waals surface area contributed by atoms with Gasteiger partial charge in [0.25, 0.3) is 0 Å². The number of carbonyl (C=O) groups excluding carboxylic acids is 1. The van der Waals surface area contributed by atoms with Crippen molar-refractivity contribution in [2.45, 2.75) is 30.3 Å². The van der Waals surface area contributed by atoms with Crippen LogP contribution in [-0.4, -0.2) is 33.1 Å². The Morgan fingerprint density at radius 3 is 2.35 bits per heavy atom. The minimum atomic E-state index is -0.465. The lowest BCUT2D eigenvalue weighted by molar-refractivity contribution is -0.116. The van der Waals surface area contributed by atoms with Crippen LogP contribution in [0.5, 0.6) is 5.75 Å². The molecule has 0 saturated carbocycles. The van der Waals surface area contributed by atoms with Crippen molar-refractivity contribution in [3.8, 4) is 17.1 Å². The van der Waals surface area contributed by atoms with Crippen molar-refractivity contribution in [3.63, 3.8) is 0 Å². The Morgan fingerprint density at radius 1 is 0.971 bits per heavy atom. The molecule has 0 aliphatic carbocycles. The van der Waals surface area contributed by atoms with Gasteiger partial charge in [0.15, 0.2) is 5.82 Å². The van der Waals surface area contributed by atoms with E-state index in [1.54, 1.807) is 7.11 Å². The van der Waals surface area contributed by atoms with Crippen LogP contribution < -0.4 is 15.5 Å². The van der Waals surface area contributed by atoms with Gasteiger partial charge < -0.3 is 15.5 Å². The molecular formula is C26H25N5O2S. The summed E-state index contributed by atoms with van der Waals surface area (Å²) in [6.07, 6.45) is 0. The molecule has 0 radical (unpaired) electrons. The van der Waals surface area contributed by atoms with Gasteiger partial charge in [-0.3, -0.25) is 4.79 Å². The Hall–Kier alpha value is -3.78. The van der Waals surface area contributed by atoms with Crippen molar-refractivity contribution in [2.24, 2.45) is 0 Å². The van der Waals surface area contributed by atoms with E-state index >= 15 is 0 Å². The van der Waals surface area contributed by atoms with Crippen LogP contribution in [0.15, 0.2) is 78.0 Å². The third-order valence-electron chi connectivity index (χ3n) is 5.93. The zero-order chi connectivity index (χ0) is 23.7. The number of nitrogens with zero attached hydrogens (tertiary/aromatic N) is 3. The van der Waals surface area contributed by atoms with Crippen molar-refractivity contribution >= 4 is 23.4 Å². The Labute approximate surface area is 202 Å². The molecule has 0 fully saturated rings. The summed E-state index contributed by atoms with van der Waals surface area (Å²) >= 11 is 1.41. The van der Waals surface area contributed by atoms with E-state index in [1.165, 1.54) is 11.8 Å². The van der Waals surface area contributed by atoms with Gasteiger partial charge in [-0.05, 0) is 42.7 Å². The van der Waals surface area contributed by atoms with Crippen molar-refractivity contribution < 1.29 is 9.53 Å². The molecule has 4 aromatic rings. The number of para-hydroxylation sites is 1. The minimum absolute atomic E-state index is 0.0915. The SMILES string of the molecule is COc1ccc([C@@H]2Nn3c(nnc3-c3ccccc3)S[C@@H]2C(=O)Nc2c(C)cccc2C)cc1. The summed E-state index contributed by atoms with van der Waals surface area (Å²) in [7, 11) is 1.64. The first-order chi connectivity index (χ1) is 16.5. The highest BCUT2D eigenvalue weighted by molar-refractivity contribution is 8.00. The summed E-state index contributed by atoms with van der Waals surface area (Å²) in [6, 6.07) is 23.3. The maximum absolute atomic E-state index is 13.6.